The molecule has 1 unspecified atom stereocenters. The normalized spacial score (nSPS) is 14.9. The highest BCUT2D eigenvalue weighted by molar-refractivity contribution is 4.97. The summed E-state index contributed by atoms with van der Waals surface area (Å²) in [5.74, 6) is 5.68. The third-order valence-electron chi connectivity index (χ3n) is 1.55. The lowest BCUT2D eigenvalue weighted by molar-refractivity contribution is 0.0348. The molecule has 0 rings (SSSR count). The van der Waals surface area contributed by atoms with E-state index in [1.54, 1.807) is 6.92 Å². The first-order valence-electron chi connectivity index (χ1n) is 4.45. The molecule has 0 bridgehead atoms. The van der Waals surface area contributed by atoms with Crippen LogP contribution in [-0.2, 0) is 0 Å². The average Bonchev–Trinajstić information content (AvgIpc) is 1.95. The second-order valence-electron chi connectivity index (χ2n) is 3.77. The number of nitrogens with zero attached hydrogens (tertiary/aromatic N) is 1. The van der Waals surface area contributed by atoms with Crippen LogP contribution in [0.5, 0.6) is 0 Å². The predicted octanol–water partition coefficient (Wildman–Crippen LogP) is -0.0881. The van der Waals surface area contributed by atoms with Gasteiger partial charge in [-0.1, -0.05) is 5.92 Å². The zero-order valence-corrected chi connectivity index (χ0v) is 9.02. The van der Waals surface area contributed by atoms with Crippen molar-refractivity contribution in [3.05, 3.63) is 0 Å². The molecule has 0 amide bonds. The molecule has 0 aliphatic heterocycles. The van der Waals surface area contributed by atoms with E-state index in [1.165, 1.54) is 0 Å². The molecule has 2 N–H and O–H groups in total. The van der Waals surface area contributed by atoms with Crippen molar-refractivity contribution in [2.45, 2.75) is 19.4 Å². The van der Waals surface area contributed by atoms with Gasteiger partial charge < -0.3 is 15.3 Å². The average molecular weight is 184 g/mol. The summed E-state index contributed by atoms with van der Waals surface area (Å²) < 4.78 is 0. The highest BCUT2D eigenvalue weighted by Crippen LogP contribution is 2.01. The SMILES string of the molecule is CC#CCNCC(C)(O)CN(C)C. The molecule has 0 heterocycles. The standard InChI is InChI=1S/C10H20N2O/c1-5-6-7-11-8-10(2,13)9-12(3)4/h11,13H,7-9H2,1-4H3. The number of likely N-dealkylation sites (N-methyl/N-ethyl adjacent to an activating group) is 1. The van der Waals surface area contributed by atoms with E-state index in [2.05, 4.69) is 17.2 Å². The molecule has 3 heteroatoms. The molecule has 3 nitrogen and oxygen atoms in total. The summed E-state index contributed by atoms with van der Waals surface area (Å²) >= 11 is 0. The molecule has 1 atom stereocenters. The third-order valence-corrected chi connectivity index (χ3v) is 1.55. The van der Waals surface area contributed by atoms with Crippen LogP contribution in [0.1, 0.15) is 13.8 Å². The maximum absolute atomic E-state index is 9.83. The van der Waals surface area contributed by atoms with Crippen molar-refractivity contribution in [1.29, 1.82) is 0 Å². The van der Waals surface area contributed by atoms with Gasteiger partial charge in [-0.05, 0) is 27.9 Å². The number of nitrogens with one attached hydrogen (secondary N) is 1. The fourth-order valence-corrected chi connectivity index (χ4v) is 1.22. The quantitative estimate of drug-likeness (QED) is 0.463. The van der Waals surface area contributed by atoms with E-state index >= 15 is 0 Å². The topological polar surface area (TPSA) is 35.5 Å². The molecule has 0 saturated carbocycles. The Morgan fingerprint density at radius 1 is 1.46 bits per heavy atom. The van der Waals surface area contributed by atoms with Crippen LogP contribution in [0.4, 0.5) is 0 Å². The molecule has 76 valence electrons. The van der Waals surface area contributed by atoms with Gasteiger partial charge in [0.25, 0.3) is 0 Å². The van der Waals surface area contributed by atoms with Gasteiger partial charge in [-0.15, -0.1) is 5.92 Å². The maximum Gasteiger partial charge on any atom is 0.0869 e. The minimum atomic E-state index is -0.682. The summed E-state index contributed by atoms with van der Waals surface area (Å²) in [6.45, 7) is 5.48. The van der Waals surface area contributed by atoms with Crippen LogP contribution in [0.3, 0.4) is 0 Å². The first-order chi connectivity index (χ1) is 5.98. The van der Waals surface area contributed by atoms with Crippen molar-refractivity contribution >= 4 is 0 Å². The van der Waals surface area contributed by atoms with Gasteiger partial charge in [-0.2, -0.15) is 0 Å². The lowest BCUT2D eigenvalue weighted by Gasteiger charge is -2.26. The lowest BCUT2D eigenvalue weighted by atomic mass is 10.1. The van der Waals surface area contributed by atoms with Crippen molar-refractivity contribution in [1.82, 2.24) is 10.2 Å². The molecule has 0 aliphatic carbocycles. The third kappa shape index (κ3) is 7.79. The molecule has 0 fully saturated rings. The van der Waals surface area contributed by atoms with Gasteiger partial charge in [0.15, 0.2) is 0 Å². The Morgan fingerprint density at radius 2 is 2.08 bits per heavy atom. The summed E-state index contributed by atoms with van der Waals surface area (Å²) in [6.07, 6.45) is 0. The molecule has 0 aromatic rings. The van der Waals surface area contributed by atoms with E-state index in [-0.39, 0.29) is 0 Å². The summed E-state index contributed by atoms with van der Waals surface area (Å²) in [4.78, 5) is 1.97. The van der Waals surface area contributed by atoms with Crippen molar-refractivity contribution in [3.8, 4) is 11.8 Å². The summed E-state index contributed by atoms with van der Waals surface area (Å²) in [5.41, 5.74) is -0.682. The molecular weight excluding hydrogens is 164 g/mol. The van der Waals surface area contributed by atoms with Gasteiger partial charge in [-0.3, -0.25) is 0 Å². The van der Waals surface area contributed by atoms with Gasteiger partial charge >= 0.3 is 0 Å². The van der Waals surface area contributed by atoms with E-state index in [0.717, 1.165) is 0 Å². The lowest BCUT2D eigenvalue weighted by Crippen LogP contribution is -2.45. The molecule has 0 spiro atoms. The van der Waals surface area contributed by atoms with Crippen LogP contribution in [0.25, 0.3) is 0 Å². The van der Waals surface area contributed by atoms with Gasteiger partial charge in [0.2, 0.25) is 0 Å². The van der Waals surface area contributed by atoms with E-state index in [4.69, 9.17) is 0 Å². The second-order valence-corrected chi connectivity index (χ2v) is 3.77. The van der Waals surface area contributed by atoms with Crippen LogP contribution in [-0.4, -0.2) is 49.3 Å². The minimum Gasteiger partial charge on any atom is -0.388 e. The van der Waals surface area contributed by atoms with E-state index in [0.29, 0.717) is 19.6 Å². The Kier molecular flexibility index (Phi) is 5.72. The largest absolute Gasteiger partial charge is 0.388 e. The van der Waals surface area contributed by atoms with Gasteiger partial charge in [0.1, 0.15) is 0 Å². The summed E-state index contributed by atoms with van der Waals surface area (Å²) in [5, 5.41) is 12.9. The van der Waals surface area contributed by atoms with Crippen LogP contribution >= 0.6 is 0 Å². The molecule has 13 heavy (non-hydrogen) atoms. The van der Waals surface area contributed by atoms with Crippen molar-refractivity contribution < 1.29 is 5.11 Å². The number of aliphatic hydroxyl groups is 1. The number of hydrogen-bond acceptors (Lipinski definition) is 3. The fraction of sp³-hybridized carbons (Fsp3) is 0.800. The summed E-state index contributed by atoms with van der Waals surface area (Å²) in [7, 11) is 3.89. The zero-order valence-electron chi connectivity index (χ0n) is 9.02. The summed E-state index contributed by atoms with van der Waals surface area (Å²) in [6, 6.07) is 0. The van der Waals surface area contributed by atoms with Gasteiger partial charge in [0, 0.05) is 13.1 Å². The Bertz CT molecular complexity index is 189. The van der Waals surface area contributed by atoms with E-state index in [9.17, 15) is 5.11 Å². The van der Waals surface area contributed by atoms with Gasteiger partial charge in [-0.25, -0.2) is 0 Å². The van der Waals surface area contributed by atoms with Crippen LogP contribution in [0.2, 0.25) is 0 Å². The molecule has 0 aromatic heterocycles. The van der Waals surface area contributed by atoms with Crippen molar-refractivity contribution in [2.24, 2.45) is 0 Å². The van der Waals surface area contributed by atoms with Gasteiger partial charge in [0.05, 0.1) is 12.1 Å². The minimum absolute atomic E-state index is 0.569. The highest BCUT2D eigenvalue weighted by atomic mass is 16.3. The smallest absolute Gasteiger partial charge is 0.0869 e. The molecular formula is C10H20N2O. The Balaban J connectivity index is 3.66. The Labute approximate surface area is 81.1 Å². The molecule has 0 aliphatic rings. The molecule has 0 aromatic carbocycles. The Hall–Kier alpha value is -0.560. The molecule has 0 saturated heterocycles. The Morgan fingerprint density at radius 3 is 2.54 bits per heavy atom. The van der Waals surface area contributed by atoms with Crippen LogP contribution in [0.15, 0.2) is 0 Å². The first-order valence-corrected chi connectivity index (χ1v) is 4.45. The van der Waals surface area contributed by atoms with Crippen LogP contribution in [0, 0.1) is 11.8 Å². The van der Waals surface area contributed by atoms with Crippen molar-refractivity contribution in [3.63, 3.8) is 0 Å². The van der Waals surface area contributed by atoms with E-state index < -0.39 is 5.60 Å². The predicted molar refractivity (Wildman–Crippen MR) is 55.5 cm³/mol. The number of hydrogen-bond donors (Lipinski definition) is 2. The molecule has 0 radical (unpaired) electrons. The fourth-order valence-electron chi connectivity index (χ4n) is 1.22. The van der Waals surface area contributed by atoms with E-state index in [1.807, 2.05) is 25.9 Å². The zero-order chi connectivity index (χ0) is 10.3. The highest BCUT2D eigenvalue weighted by Gasteiger charge is 2.19. The number of rotatable bonds is 5. The van der Waals surface area contributed by atoms with Crippen LogP contribution < -0.4 is 5.32 Å². The first kappa shape index (κ1) is 12.4. The second kappa shape index (κ2) is 5.98. The monoisotopic (exact) mass is 184 g/mol. The van der Waals surface area contributed by atoms with Crippen molar-refractivity contribution in [2.75, 3.05) is 33.7 Å². The maximum atomic E-state index is 9.83.